The van der Waals surface area contributed by atoms with Gasteiger partial charge >= 0.3 is 0 Å². The van der Waals surface area contributed by atoms with Crippen LogP contribution >= 0.6 is 0 Å². The molecule has 1 N–H and O–H groups in total. The number of benzene rings is 2. The number of nitrogens with zero attached hydrogens (tertiary/aromatic N) is 2. The molecule has 3 rings (SSSR count). The van der Waals surface area contributed by atoms with Crippen molar-refractivity contribution in [1.29, 1.82) is 0 Å². The lowest BCUT2D eigenvalue weighted by atomic mass is 9.87. The van der Waals surface area contributed by atoms with Gasteiger partial charge in [0.25, 0.3) is 5.91 Å². The van der Waals surface area contributed by atoms with Crippen LogP contribution in [0, 0.1) is 6.92 Å². The Labute approximate surface area is 187 Å². The maximum absolute atomic E-state index is 12.8. The monoisotopic (exact) mass is 423 g/mol. The van der Waals surface area contributed by atoms with Gasteiger partial charge in [0.1, 0.15) is 5.75 Å². The summed E-state index contributed by atoms with van der Waals surface area (Å²) in [7, 11) is 0. The summed E-state index contributed by atoms with van der Waals surface area (Å²) >= 11 is 0. The van der Waals surface area contributed by atoms with Crippen LogP contribution in [-0.4, -0.2) is 49.6 Å². The molecule has 1 aliphatic heterocycles. The van der Waals surface area contributed by atoms with Crippen LogP contribution in [0.25, 0.3) is 0 Å². The Morgan fingerprint density at radius 3 is 2.42 bits per heavy atom. The molecule has 168 valence electrons. The molecule has 2 aromatic rings. The van der Waals surface area contributed by atoms with Crippen molar-refractivity contribution in [3.8, 4) is 5.75 Å². The largest absolute Gasteiger partial charge is 0.481 e. The van der Waals surface area contributed by atoms with E-state index < -0.39 is 6.10 Å². The minimum atomic E-state index is -0.587. The SMILES string of the molecule is CCN1CCN(c2ccc(NC(=O)C(C)Oc3cccc(C(C)(C)C)c3)c(C)c2)CC1. The normalized spacial score (nSPS) is 16.1. The molecule has 0 aliphatic carbocycles. The highest BCUT2D eigenvalue weighted by Crippen LogP contribution is 2.27. The molecule has 1 aliphatic rings. The maximum Gasteiger partial charge on any atom is 0.265 e. The number of carbonyl (C=O) groups is 1. The molecular formula is C26H37N3O2. The first kappa shape index (κ1) is 23.1. The first-order valence-electron chi connectivity index (χ1n) is 11.3. The van der Waals surface area contributed by atoms with Crippen molar-refractivity contribution in [2.24, 2.45) is 0 Å². The average molecular weight is 424 g/mol. The van der Waals surface area contributed by atoms with E-state index in [1.165, 1.54) is 11.3 Å². The second-order valence-electron chi connectivity index (χ2n) is 9.45. The summed E-state index contributed by atoms with van der Waals surface area (Å²) in [5, 5.41) is 3.03. The van der Waals surface area contributed by atoms with Crippen molar-refractivity contribution in [3.05, 3.63) is 53.6 Å². The highest BCUT2D eigenvalue weighted by Gasteiger charge is 2.20. The highest BCUT2D eigenvalue weighted by atomic mass is 16.5. The molecule has 31 heavy (non-hydrogen) atoms. The molecule has 0 aromatic heterocycles. The van der Waals surface area contributed by atoms with Gasteiger partial charge in [0.05, 0.1) is 0 Å². The minimum Gasteiger partial charge on any atom is -0.481 e. The molecule has 0 spiro atoms. The Balaban J connectivity index is 1.61. The number of aryl methyl sites for hydroxylation is 1. The molecule has 5 heteroatoms. The van der Waals surface area contributed by atoms with Crippen LogP contribution in [0.3, 0.4) is 0 Å². The second kappa shape index (κ2) is 9.73. The van der Waals surface area contributed by atoms with Crippen LogP contribution in [0.15, 0.2) is 42.5 Å². The van der Waals surface area contributed by atoms with Gasteiger partial charge < -0.3 is 19.9 Å². The van der Waals surface area contributed by atoms with Gasteiger partial charge in [-0.3, -0.25) is 4.79 Å². The molecule has 1 atom stereocenters. The summed E-state index contributed by atoms with van der Waals surface area (Å²) in [5.74, 6) is 0.571. The van der Waals surface area contributed by atoms with Crippen LogP contribution < -0.4 is 15.0 Å². The fraction of sp³-hybridized carbons (Fsp3) is 0.500. The number of nitrogens with one attached hydrogen (secondary N) is 1. The summed E-state index contributed by atoms with van der Waals surface area (Å²) in [6.07, 6.45) is -0.587. The van der Waals surface area contributed by atoms with E-state index in [0.29, 0.717) is 5.75 Å². The van der Waals surface area contributed by atoms with E-state index in [-0.39, 0.29) is 11.3 Å². The topological polar surface area (TPSA) is 44.8 Å². The Bertz CT molecular complexity index is 896. The molecule has 1 saturated heterocycles. The van der Waals surface area contributed by atoms with Gasteiger partial charge in [-0.2, -0.15) is 0 Å². The third-order valence-electron chi connectivity index (χ3n) is 6.03. The van der Waals surface area contributed by atoms with Crippen LogP contribution in [0.4, 0.5) is 11.4 Å². The molecule has 5 nitrogen and oxygen atoms in total. The van der Waals surface area contributed by atoms with Gasteiger partial charge in [0.2, 0.25) is 0 Å². The van der Waals surface area contributed by atoms with E-state index in [2.05, 4.69) is 61.0 Å². The molecule has 0 saturated carbocycles. The number of likely N-dealkylation sites (N-methyl/N-ethyl adjacent to an activating group) is 1. The summed E-state index contributed by atoms with van der Waals surface area (Å²) in [6.45, 7) is 17.9. The van der Waals surface area contributed by atoms with E-state index in [4.69, 9.17) is 4.74 Å². The summed E-state index contributed by atoms with van der Waals surface area (Å²) in [6, 6.07) is 14.2. The van der Waals surface area contributed by atoms with Gasteiger partial charge in [0, 0.05) is 37.6 Å². The second-order valence-corrected chi connectivity index (χ2v) is 9.45. The van der Waals surface area contributed by atoms with E-state index in [9.17, 15) is 4.79 Å². The number of anilines is 2. The van der Waals surface area contributed by atoms with Gasteiger partial charge in [-0.25, -0.2) is 0 Å². The standard InChI is InChI=1S/C26H37N3O2/c1-7-28-13-15-29(16-14-28)22-11-12-24(19(2)17-22)27-25(30)20(3)31-23-10-8-9-21(18-23)26(4,5)6/h8-12,17-18,20H,7,13-16H2,1-6H3,(H,27,30). The van der Waals surface area contributed by atoms with Crippen molar-refractivity contribution in [3.63, 3.8) is 0 Å². The molecule has 1 fully saturated rings. The Hall–Kier alpha value is -2.53. The Morgan fingerprint density at radius 2 is 1.81 bits per heavy atom. The van der Waals surface area contributed by atoms with E-state index in [1.54, 1.807) is 6.92 Å². The lowest BCUT2D eigenvalue weighted by molar-refractivity contribution is -0.122. The van der Waals surface area contributed by atoms with Crippen LogP contribution in [0.1, 0.15) is 45.7 Å². The molecular weight excluding hydrogens is 386 g/mol. The molecule has 1 unspecified atom stereocenters. The fourth-order valence-electron chi connectivity index (χ4n) is 3.84. The van der Waals surface area contributed by atoms with Crippen molar-refractivity contribution in [1.82, 2.24) is 4.90 Å². The van der Waals surface area contributed by atoms with Gasteiger partial charge in [-0.15, -0.1) is 0 Å². The quantitative estimate of drug-likeness (QED) is 0.722. The predicted octanol–water partition coefficient (Wildman–Crippen LogP) is 4.84. The Morgan fingerprint density at radius 1 is 1.10 bits per heavy atom. The third kappa shape index (κ3) is 6.01. The van der Waals surface area contributed by atoms with Crippen molar-refractivity contribution in [2.75, 3.05) is 42.9 Å². The average Bonchev–Trinajstić information content (AvgIpc) is 2.74. The lowest BCUT2D eigenvalue weighted by Crippen LogP contribution is -2.46. The molecule has 0 radical (unpaired) electrons. The van der Waals surface area contributed by atoms with Crippen LogP contribution in [-0.2, 0) is 10.2 Å². The number of carbonyl (C=O) groups excluding carboxylic acids is 1. The van der Waals surface area contributed by atoms with Crippen LogP contribution in [0.5, 0.6) is 5.75 Å². The van der Waals surface area contributed by atoms with E-state index in [1.807, 2.05) is 31.2 Å². The summed E-state index contributed by atoms with van der Waals surface area (Å²) < 4.78 is 5.94. The van der Waals surface area contributed by atoms with E-state index in [0.717, 1.165) is 44.0 Å². The maximum atomic E-state index is 12.8. The van der Waals surface area contributed by atoms with Gasteiger partial charge in [0.15, 0.2) is 6.10 Å². The van der Waals surface area contributed by atoms with Gasteiger partial charge in [-0.05, 0) is 67.3 Å². The fourth-order valence-corrected chi connectivity index (χ4v) is 3.84. The van der Waals surface area contributed by atoms with Gasteiger partial charge in [-0.1, -0.05) is 39.8 Å². The molecule has 1 heterocycles. The molecule has 2 aromatic carbocycles. The zero-order valence-electron chi connectivity index (χ0n) is 19.9. The zero-order valence-corrected chi connectivity index (χ0v) is 19.9. The number of rotatable bonds is 6. The minimum absolute atomic E-state index is 0.0346. The number of piperazine rings is 1. The highest BCUT2D eigenvalue weighted by molar-refractivity contribution is 5.95. The smallest absolute Gasteiger partial charge is 0.265 e. The lowest BCUT2D eigenvalue weighted by Gasteiger charge is -2.35. The first-order chi connectivity index (χ1) is 14.7. The number of hydrogen-bond donors (Lipinski definition) is 1. The van der Waals surface area contributed by atoms with Crippen molar-refractivity contribution in [2.45, 2.75) is 53.1 Å². The zero-order chi connectivity index (χ0) is 22.6. The predicted molar refractivity (Wildman–Crippen MR) is 129 cm³/mol. The molecule has 1 amide bonds. The Kier molecular flexibility index (Phi) is 7.26. The van der Waals surface area contributed by atoms with E-state index >= 15 is 0 Å². The summed E-state index contributed by atoms with van der Waals surface area (Å²) in [5.41, 5.74) is 4.33. The number of amides is 1. The summed E-state index contributed by atoms with van der Waals surface area (Å²) in [4.78, 5) is 17.6. The molecule has 0 bridgehead atoms. The number of ether oxygens (including phenoxy) is 1. The third-order valence-corrected chi connectivity index (χ3v) is 6.03. The first-order valence-corrected chi connectivity index (χ1v) is 11.3. The van der Waals surface area contributed by atoms with Crippen molar-refractivity contribution >= 4 is 17.3 Å². The van der Waals surface area contributed by atoms with Crippen molar-refractivity contribution < 1.29 is 9.53 Å². The number of hydrogen-bond acceptors (Lipinski definition) is 4. The van der Waals surface area contributed by atoms with Crippen LogP contribution in [0.2, 0.25) is 0 Å².